The molecule has 1 aromatic rings. The van der Waals surface area contributed by atoms with Crippen molar-refractivity contribution in [3.8, 4) is 0 Å². The molecular formula is C14H22N2O4S2. The standard InChI is InChI=1S/C14H22N2O4S2/c1-3-12-4-6-14(7-5-12)22(19,20)16-10-8-13(9-11-16)15-21(2,17)18/h4-7,13,15H,3,8-11H2,1-2H3. The molecule has 0 spiro atoms. The van der Waals surface area contributed by atoms with Crippen LogP contribution in [0.25, 0.3) is 0 Å². The summed E-state index contributed by atoms with van der Waals surface area (Å²) >= 11 is 0. The van der Waals surface area contributed by atoms with Crippen molar-refractivity contribution < 1.29 is 16.8 Å². The van der Waals surface area contributed by atoms with Gasteiger partial charge in [-0.25, -0.2) is 21.6 Å². The van der Waals surface area contributed by atoms with Gasteiger partial charge in [0.05, 0.1) is 11.2 Å². The molecule has 1 saturated heterocycles. The molecule has 1 heterocycles. The Kier molecular flexibility index (Phi) is 5.26. The maximum atomic E-state index is 12.6. The van der Waals surface area contributed by atoms with E-state index < -0.39 is 20.0 Å². The Morgan fingerprint density at radius 1 is 1.09 bits per heavy atom. The average Bonchev–Trinajstić information content (AvgIpc) is 2.46. The van der Waals surface area contributed by atoms with Gasteiger partial charge in [0.25, 0.3) is 0 Å². The van der Waals surface area contributed by atoms with Gasteiger partial charge in [-0.05, 0) is 37.0 Å². The van der Waals surface area contributed by atoms with Crippen LogP contribution in [0.15, 0.2) is 29.2 Å². The average molecular weight is 346 g/mol. The summed E-state index contributed by atoms with van der Waals surface area (Å²) in [4.78, 5) is 0.291. The predicted octanol–water partition coefficient (Wildman–Crippen LogP) is 0.951. The van der Waals surface area contributed by atoms with Gasteiger partial charge in [0.2, 0.25) is 20.0 Å². The van der Waals surface area contributed by atoms with Crippen LogP contribution in [0, 0.1) is 0 Å². The molecule has 1 aromatic carbocycles. The first-order chi connectivity index (χ1) is 10.2. The van der Waals surface area contributed by atoms with Crippen LogP contribution in [-0.4, -0.2) is 46.5 Å². The monoisotopic (exact) mass is 346 g/mol. The molecule has 1 aliphatic rings. The molecule has 1 aliphatic heterocycles. The van der Waals surface area contributed by atoms with Gasteiger partial charge in [0, 0.05) is 19.1 Å². The van der Waals surface area contributed by atoms with Crippen LogP contribution in [0.4, 0.5) is 0 Å². The highest BCUT2D eigenvalue weighted by atomic mass is 32.2. The quantitative estimate of drug-likeness (QED) is 0.860. The molecule has 0 bridgehead atoms. The smallest absolute Gasteiger partial charge is 0.213 e. The number of rotatable bonds is 5. The summed E-state index contributed by atoms with van der Waals surface area (Å²) in [6.07, 6.45) is 2.95. The summed E-state index contributed by atoms with van der Waals surface area (Å²) in [5.41, 5.74) is 1.09. The summed E-state index contributed by atoms with van der Waals surface area (Å²) < 4.78 is 51.5. The van der Waals surface area contributed by atoms with E-state index >= 15 is 0 Å². The fraction of sp³-hybridized carbons (Fsp3) is 0.571. The number of hydrogen-bond acceptors (Lipinski definition) is 4. The third kappa shape index (κ3) is 4.28. The van der Waals surface area contributed by atoms with Gasteiger partial charge >= 0.3 is 0 Å². The Bertz CT molecular complexity index is 704. The van der Waals surface area contributed by atoms with E-state index in [2.05, 4.69) is 4.72 Å². The number of aryl methyl sites for hydroxylation is 1. The molecule has 22 heavy (non-hydrogen) atoms. The van der Waals surface area contributed by atoms with Gasteiger partial charge in [-0.15, -0.1) is 0 Å². The molecule has 0 aromatic heterocycles. The Morgan fingerprint density at radius 3 is 2.09 bits per heavy atom. The fourth-order valence-corrected chi connectivity index (χ4v) is 4.87. The molecule has 0 amide bonds. The maximum Gasteiger partial charge on any atom is 0.243 e. The Hall–Kier alpha value is -0.960. The van der Waals surface area contributed by atoms with Crippen molar-refractivity contribution in [2.24, 2.45) is 0 Å². The van der Waals surface area contributed by atoms with Crippen molar-refractivity contribution in [2.75, 3.05) is 19.3 Å². The molecule has 6 nitrogen and oxygen atoms in total. The number of piperidine rings is 1. The first-order valence-electron chi connectivity index (χ1n) is 7.29. The van der Waals surface area contributed by atoms with E-state index in [9.17, 15) is 16.8 Å². The molecule has 0 unspecified atom stereocenters. The van der Waals surface area contributed by atoms with Crippen LogP contribution >= 0.6 is 0 Å². The number of sulfonamides is 2. The summed E-state index contributed by atoms with van der Waals surface area (Å²) in [7, 11) is -6.75. The second-order valence-electron chi connectivity index (χ2n) is 5.57. The largest absolute Gasteiger partial charge is 0.243 e. The molecule has 124 valence electrons. The van der Waals surface area contributed by atoms with Gasteiger partial charge in [-0.3, -0.25) is 0 Å². The van der Waals surface area contributed by atoms with E-state index in [-0.39, 0.29) is 6.04 Å². The highest BCUT2D eigenvalue weighted by Gasteiger charge is 2.30. The van der Waals surface area contributed by atoms with Crippen LogP contribution < -0.4 is 4.72 Å². The minimum absolute atomic E-state index is 0.191. The van der Waals surface area contributed by atoms with E-state index in [0.717, 1.165) is 18.2 Å². The molecule has 1 N–H and O–H groups in total. The highest BCUT2D eigenvalue weighted by Crippen LogP contribution is 2.21. The van der Waals surface area contributed by atoms with Gasteiger partial charge < -0.3 is 0 Å². The lowest BCUT2D eigenvalue weighted by Crippen LogP contribution is -2.46. The summed E-state index contributed by atoms with van der Waals surface area (Å²) in [6.45, 7) is 2.67. The molecule has 8 heteroatoms. The lowest BCUT2D eigenvalue weighted by Gasteiger charge is -2.31. The van der Waals surface area contributed by atoms with Crippen LogP contribution in [0.2, 0.25) is 0 Å². The van der Waals surface area contributed by atoms with E-state index in [1.165, 1.54) is 4.31 Å². The minimum atomic E-state index is -3.50. The first-order valence-corrected chi connectivity index (χ1v) is 10.6. The molecule has 0 saturated carbocycles. The van der Waals surface area contributed by atoms with Crippen molar-refractivity contribution in [2.45, 2.75) is 37.1 Å². The number of nitrogens with one attached hydrogen (secondary N) is 1. The van der Waals surface area contributed by atoms with E-state index in [4.69, 9.17) is 0 Å². The zero-order valence-electron chi connectivity index (χ0n) is 12.8. The van der Waals surface area contributed by atoms with Crippen LogP contribution in [0.3, 0.4) is 0 Å². The highest BCUT2D eigenvalue weighted by molar-refractivity contribution is 7.89. The van der Waals surface area contributed by atoms with Gasteiger partial charge in [0.15, 0.2) is 0 Å². The minimum Gasteiger partial charge on any atom is -0.213 e. The Balaban J connectivity index is 2.05. The molecular weight excluding hydrogens is 324 g/mol. The van der Waals surface area contributed by atoms with Gasteiger partial charge in [0.1, 0.15) is 0 Å². The molecule has 0 radical (unpaired) electrons. The van der Waals surface area contributed by atoms with E-state index in [0.29, 0.717) is 30.8 Å². The Labute approximate surface area is 132 Å². The summed E-state index contributed by atoms with van der Waals surface area (Å²) in [5.74, 6) is 0. The van der Waals surface area contributed by atoms with Crippen molar-refractivity contribution in [1.82, 2.24) is 9.03 Å². The molecule has 0 aliphatic carbocycles. The molecule has 0 atom stereocenters. The third-order valence-corrected chi connectivity index (χ3v) is 6.48. The number of hydrogen-bond donors (Lipinski definition) is 1. The van der Waals surface area contributed by atoms with Gasteiger partial charge in [-0.2, -0.15) is 4.31 Å². The fourth-order valence-electron chi connectivity index (χ4n) is 2.56. The van der Waals surface area contributed by atoms with Crippen LogP contribution in [-0.2, 0) is 26.5 Å². The predicted molar refractivity (Wildman–Crippen MR) is 85.6 cm³/mol. The summed E-state index contributed by atoms with van der Waals surface area (Å²) in [6, 6.07) is 6.73. The maximum absolute atomic E-state index is 12.6. The second kappa shape index (κ2) is 6.66. The zero-order chi connectivity index (χ0) is 16.4. The normalized spacial score (nSPS) is 18.5. The van der Waals surface area contributed by atoms with E-state index in [1.807, 2.05) is 19.1 Å². The zero-order valence-corrected chi connectivity index (χ0v) is 14.5. The van der Waals surface area contributed by atoms with Crippen molar-refractivity contribution in [3.63, 3.8) is 0 Å². The third-order valence-electron chi connectivity index (χ3n) is 3.80. The lowest BCUT2D eigenvalue weighted by molar-refractivity contribution is 0.309. The lowest BCUT2D eigenvalue weighted by atomic mass is 10.1. The Morgan fingerprint density at radius 2 is 1.64 bits per heavy atom. The second-order valence-corrected chi connectivity index (χ2v) is 9.28. The van der Waals surface area contributed by atoms with Crippen LogP contribution in [0.5, 0.6) is 0 Å². The SMILES string of the molecule is CCc1ccc(S(=O)(=O)N2CCC(NS(C)(=O)=O)CC2)cc1. The molecule has 1 fully saturated rings. The number of benzene rings is 1. The van der Waals surface area contributed by atoms with Crippen molar-refractivity contribution in [1.29, 1.82) is 0 Å². The first kappa shape index (κ1) is 17.4. The van der Waals surface area contributed by atoms with Gasteiger partial charge in [-0.1, -0.05) is 19.1 Å². The van der Waals surface area contributed by atoms with Crippen molar-refractivity contribution in [3.05, 3.63) is 29.8 Å². The summed E-state index contributed by atoms with van der Waals surface area (Å²) in [5, 5.41) is 0. The topological polar surface area (TPSA) is 83.6 Å². The van der Waals surface area contributed by atoms with E-state index in [1.54, 1.807) is 12.1 Å². The van der Waals surface area contributed by atoms with Crippen LogP contribution in [0.1, 0.15) is 25.3 Å². The number of nitrogens with zero attached hydrogens (tertiary/aromatic N) is 1. The molecule has 2 rings (SSSR count). The van der Waals surface area contributed by atoms with Crippen molar-refractivity contribution >= 4 is 20.0 Å².